The van der Waals surface area contributed by atoms with Gasteiger partial charge in [0.25, 0.3) is 0 Å². The molecule has 1 saturated heterocycles. The van der Waals surface area contributed by atoms with Crippen LogP contribution in [0.15, 0.2) is 42.5 Å². The summed E-state index contributed by atoms with van der Waals surface area (Å²) in [5.41, 5.74) is 0.891. The molecule has 0 unspecified atom stereocenters. The van der Waals surface area contributed by atoms with E-state index in [1.165, 1.54) is 6.07 Å². The van der Waals surface area contributed by atoms with Crippen LogP contribution in [-0.4, -0.2) is 35.7 Å². The summed E-state index contributed by atoms with van der Waals surface area (Å²) in [6.45, 7) is 6.17. The van der Waals surface area contributed by atoms with E-state index < -0.39 is 11.7 Å². The maximum Gasteiger partial charge on any atom is 0.416 e. The molecule has 0 bridgehead atoms. The zero-order chi connectivity index (χ0) is 22.8. The highest BCUT2D eigenvalue weighted by atomic mass is 35.5. The number of urea groups is 1. The summed E-state index contributed by atoms with van der Waals surface area (Å²) in [7, 11) is 0. The second-order valence-electron chi connectivity index (χ2n) is 8.68. The molecule has 2 amide bonds. The molecular weight excluding hydrogens is 429 g/mol. The molecule has 1 fully saturated rings. The van der Waals surface area contributed by atoms with Crippen molar-refractivity contribution in [2.45, 2.75) is 51.1 Å². The number of ether oxygens (including phenoxy) is 1. The highest BCUT2D eigenvalue weighted by Crippen LogP contribution is 2.36. The van der Waals surface area contributed by atoms with Crippen molar-refractivity contribution in [3.05, 3.63) is 59.2 Å². The first-order valence-electron chi connectivity index (χ1n) is 10.0. The fraction of sp³-hybridized carbons (Fsp3) is 0.435. The van der Waals surface area contributed by atoms with E-state index >= 15 is 0 Å². The van der Waals surface area contributed by atoms with Crippen LogP contribution in [0.5, 0.6) is 0 Å². The molecule has 1 aliphatic rings. The Morgan fingerprint density at radius 1 is 1.13 bits per heavy atom. The Morgan fingerprint density at radius 2 is 1.81 bits per heavy atom. The second-order valence-corrected chi connectivity index (χ2v) is 8.95. The number of amides is 2. The highest BCUT2D eigenvalue weighted by Gasteiger charge is 2.36. The standard InChI is InChI=1S/C23H26ClF3N2O2/c1-22(2,3)28-21(30)29-12-18(13-29)31-14-17-9-8-15(10-20(17)23(25,26)27)19-7-5-4-6-16(19)11-24/h4-10,18H,11-14H2,1-3H3,(H,28,30). The molecule has 2 aromatic carbocycles. The van der Waals surface area contributed by atoms with Gasteiger partial charge in [0.05, 0.1) is 31.4 Å². The Hall–Kier alpha value is -2.25. The van der Waals surface area contributed by atoms with Gasteiger partial charge in [0.15, 0.2) is 0 Å². The molecule has 0 atom stereocenters. The summed E-state index contributed by atoms with van der Waals surface area (Å²) in [6, 6.07) is 11.2. The zero-order valence-electron chi connectivity index (χ0n) is 17.7. The molecule has 31 heavy (non-hydrogen) atoms. The van der Waals surface area contributed by atoms with Crippen molar-refractivity contribution in [2.75, 3.05) is 13.1 Å². The van der Waals surface area contributed by atoms with Crippen molar-refractivity contribution in [3.8, 4) is 11.1 Å². The van der Waals surface area contributed by atoms with Gasteiger partial charge in [-0.2, -0.15) is 13.2 Å². The van der Waals surface area contributed by atoms with E-state index in [4.69, 9.17) is 16.3 Å². The third-order valence-corrected chi connectivity index (χ3v) is 5.27. The van der Waals surface area contributed by atoms with Crippen molar-refractivity contribution in [3.63, 3.8) is 0 Å². The monoisotopic (exact) mass is 454 g/mol. The molecule has 0 spiro atoms. The van der Waals surface area contributed by atoms with Crippen LogP contribution >= 0.6 is 11.6 Å². The maximum atomic E-state index is 13.7. The van der Waals surface area contributed by atoms with Gasteiger partial charge in [0.2, 0.25) is 0 Å². The normalized spacial score (nSPS) is 15.0. The van der Waals surface area contributed by atoms with Crippen LogP contribution in [0.1, 0.15) is 37.5 Å². The van der Waals surface area contributed by atoms with Crippen LogP contribution in [-0.2, 0) is 23.4 Å². The van der Waals surface area contributed by atoms with E-state index in [1.807, 2.05) is 20.8 Å². The van der Waals surface area contributed by atoms with Gasteiger partial charge < -0.3 is 15.0 Å². The van der Waals surface area contributed by atoms with Crippen LogP contribution in [0.4, 0.5) is 18.0 Å². The molecule has 0 aromatic heterocycles. The number of hydrogen-bond acceptors (Lipinski definition) is 2. The lowest BCUT2D eigenvalue weighted by molar-refractivity contribution is -0.139. The lowest BCUT2D eigenvalue weighted by atomic mass is 9.96. The number of likely N-dealkylation sites (tertiary alicyclic amines) is 1. The minimum absolute atomic E-state index is 0.0668. The number of benzene rings is 2. The minimum atomic E-state index is -4.51. The average Bonchev–Trinajstić information content (AvgIpc) is 2.64. The predicted molar refractivity (Wildman–Crippen MR) is 115 cm³/mol. The first-order chi connectivity index (χ1) is 14.5. The number of rotatable bonds is 5. The number of carbonyl (C=O) groups is 1. The molecule has 168 valence electrons. The van der Waals surface area contributed by atoms with E-state index in [0.29, 0.717) is 24.2 Å². The SMILES string of the molecule is CC(C)(C)NC(=O)N1CC(OCc2ccc(-c3ccccc3CCl)cc2C(F)(F)F)C1. The molecule has 0 saturated carbocycles. The number of alkyl halides is 4. The third-order valence-electron chi connectivity index (χ3n) is 4.98. The average molecular weight is 455 g/mol. The first-order valence-corrected chi connectivity index (χ1v) is 10.5. The van der Waals surface area contributed by atoms with Crippen LogP contribution < -0.4 is 5.32 Å². The van der Waals surface area contributed by atoms with Gasteiger partial charge >= 0.3 is 12.2 Å². The smallest absolute Gasteiger partial charge is 0.370 e. The Bertz CT molecular complexity index is 935. The molecule has 1 heterocycles. The largest absolute Gasteiger partial charge is 0.416 e. The lowest BCUT2D eigenvalue weighted by Gasteiger charge is -2.40. The molecule has 1 aliphatic heterocycles. The summed E-state index contributed by atoms with van der Waals surface area (Å²) in [5, 5.41) is 2.85. The third kappa shape index (κ3) is 5.92. The number of carbonyl (C=O) groups excluding carboxylic acids is 1. The number of halogens is 4. The summed E-state index contributed by atoms with van der Waals surface area (Å²) in [6.07, 6.45) is -4.80. The van der Waals surface area contributed by atoms with Crippen molar-refractivity contribution in [1.82, 2.24) is 10.2 Å². The van der Waals surface area contributed by atoms with Crippen molar-refractivity contribution in [2.24, 2.45) is 0 Å². The van der Waals surface area contributed by atoms with Gasteiger partial charge in [-0.3, -0.25) is 0 Å². The Kier molecular flexibility index (Phi) is 6.86. The molecule has 1 N–H and O–H groups in total. The number of nitrogens with one attached hydrogen (secondary N) is 1. The van der Waals surface area contributed by atoms with E-state index in [2.05, 4.69) is 5.32 Å². The van der Waals surface area contributed by atoms with E-state index in [9.17, 15) is 18.0 Å². The van der Waals surface area contributed by atoms with Crippen LogP contribution in [0.3, 0.4) is 0 Å². The van der Waals surface area contributed by atoms with Crippen molar-refractivity contribution >= 4 is 17.6 Å². The van der Waals surface area contributed by atoms with E-state index in [0.717, 1.165) is 11.6 Å². The lowest BCUT2D eigenvalue weighted by Crippen LogP contribution is -2.60. The van der Waals surface area contributed by atoms with Gasteiger partial charge in [-0.15, -0.1) is 11.6 Å². The Labute approximate surface area is 185 Å². The second kappa shape index (κ2) is 9.09. The molecule has 3 rings (SSSR count). The van der Waals surface area contributed by atoms with Gasteiger partial charge in [0.1, 0.15) is 0 Å². The summed E-state index contributed by atoms with van der Waals surface area (Å²) >= 11 is 5.94. The molecule has 4 nitrogen and oxygen atoms in total. The highest BCUT2D eigenvalue weighted by molar-refractivity contribution is 6.17. The maximum absolute atomic E-state index is 13.7. The van der Waals surface area contributed by atoms with Crippen molar-refractivity contribution in [1.29, 1.82) is 0 Å². The van der Waals surface area contributed by atoms with Crippen LogP contribution in [0, 0.1) is 0 Å². The molecule has 8 heteroatoms. The summed E-state index contributed by atoms with van der Waals surface area (Å²) < 4.78 is 46.8. The molecular formula is C23H26ClF3N2O2. The zero-order valence-corrected chi connectivity index (χ0v) is 18.5. The predicted octanol–water partition coefficient (Wildman–Crippen LogP) is 5.82. The van der Waals surface area contributed by atoms with E-state index in [1.54, 1.807) is 35.2 Å². The summed E-state index contributed by atoms with van der Waals surface area (Å²) in [5.74, 6) is 0.212. The Morgan fingerprint density at radius 3 is 2.42 bits per heavy atom. The van der Waals surface area contributed by atoms with Crippen LogP contribution in [0.25, 0.3) is 11.1 Å². The number of nitrogens with zero attached hydrogens (tertiary/aromatic N) is 1. The topological polar surface area (TPSA) is 41.6 Å². The molecule has 0 radical (unpaired) electrons. The molecule has 0 aliphatic carbocycles. The summed E-state index contributed by atoms with van der Waals surface area (Å²) in [4.78, 5) is 13.6. The first kappa shape index (κ1) is 23.4. The van der Waals surface area contributed by atoms with Gasteiger partial charge in [-0.1, -0.05) is 36.4 Å². The van der Waals surface area contributed by atoms with Crippen LogP contribution in [0.2, 0.25) is 0 Å². The quantitative estimate of drug-likeness (QED) is 0.578. The fourth-order valence-electron chi connectivity index (χ4n) is 3.37. The van der Waals surface area contributed by atoms with E-state index in [-0.39, 0.29) is 35.7 Å². The molecule has 2 aromatic rings. The Balaban J connectivity index is 1.69. The van der Waals surface area contributed by atoms with Gasteiger partial charge in [0, 0.05) is 11.4 Å². The van der Waals surface area contributed by atoms with Gasteiger partial charge in [-0.05, 0) is 49.1 Å². The number of hydrogen-bond donors (Lipinski definition) is 1. The van der Waals surface area contributed by atoms with Gasteiger partial charge in [-0.25, -0.2) is 4.79 Å². The van der Waals surface area contributed by atoms with Crippen molar-refractivity contribution < 1.29 is 22.7 Å². The minimum Gasteiger partial charge on any atom is -0.370 e. The fourth-order valence-corrected chi connectivity index (χ4v) is 3.60.